The summed E-state index contributed by atoms with van der Waals surface area (Å²) in [7, 11) is 0. The average molecular weight is 269 g/mol. The van der Waals surface area contributed by atoms with Crippen molar-refractivity contribution < 1.29 is 9.50 Å². The molecule has 1 aliphatic rings. The quantitative estimate of drug-likeness (QED) is 0.911. The van der Waals surface area contributed by atoms with Crippen molar-refractivity contribution in [2.75, 3.05) is 23.7 Å². The third kappa shape index (κ3) is 2.81. The second kappa shape index (κ2) is 5.93. The molecule has 1 saturated heterocycles. The third-order valence-electron chi connectivity index (χ3n) is 3.38. The molecule has 2 nitrogen and oxygen atoms in total. The van der Waals surface area contributed by atoms with Gasteiger partial charge in [0.15, 0.2) is 0 Å². The molecule has 100 valence electrons. The predicted octanol–water partition coefficient (Wildman–Crippen LogP) is 3.21. The van der Waals surface area contributed by atoms with Gasteiger partial charge in [0.1, 0.15) is 5.82 Å². The van der Waals surface area contributed by atoms with E-state index in [1.54, 1.807) is 13.0 Å². The zero-order chi connectivity index (χ0) is 13.1. The molecule has 0 bridgehead atoms. The lowest BCUT2D eigenvalue weighted by atomic mass is 10.1. The van der Waals surface area contributed by atoms with Gasteiger partial charge in [0.25, 0.3) is 0 Å². The van der Waals surface area contributed by atoms with Gasteiger partial charge in [-0.3, -0.25) is 0 Å². The average Bonchev–Trinajstić information content (AvgIpc) is 2.38. The lowest BCUT2D eigenvalue weighted by molar-refractivity contribution is 0.194. The van der Waals surface area contributed by atoms with Crippen molar-refractivity contribution in [1.29, 1.82) is 0 Å². The molecule has 0 amide bonds. The van der Waals surface area contributed by atoms with Crippen LogP contribution in [0, 0.1) is 5.82 Å². The smallest absolute Gasteiger partial charge is 0.131 e. The van der Waals surface area contributed by atoms with Crippen LogP contribution in [0.2, 0.25) is 0 Å². The number of nitrogens with zero attached hydrogens (tertiary/aromatic N) is 1. The summed E-state index contributed by atoms with van der Waals surface area (Å²) in [4.78, 5) is 2.20. The molecule has 4 heteroatoms. The van der Waals surface area contributed by atoms with Crippen LogP contribution in [0.1, 0.15) is 31.9 Å². The van der Waals surface area contributed by atoms with Crippen LogP contribution in [0.4, 0.5) is 10.1 Å². The molecular formula is C14H20FNOS. The van der Waals surface area contributed by atoms with Crippen LogP contribution in [-0.4, -0.2) is 29.2 Å². The molecule has 1 fully saturated rings. The van der Waals surface area contributed by atoms with Crippen molar-refractivity contribution in [2.45, 2.75) is 31.6 Å². The van der Waals surface area contributed by atoms with Crippen LogP contribution in [0.25, 0.3) is 0 Å². The van der Waals surface area contributed by atoms with Gasteiger partial charge >= 0.3 is 0 Å². The first kappa shape index (κ1) is 13.7. The minimum Gasteiger partial charge on any atom is -0.389 e. The van der Waals surface area contributed by atoms with E-state index in [1.165, 1.54) is 6.07 Å². The van der Waals surface area contributed by atoms with Crippen LogP contribution >= 0.6 is 11.8 Å². The van der Waals surface area contributed by atoms with Gasteiger partial charge in [0.05, 0.1) is 6.10 Å². The molecule has 0 saturated carbocycles. The Morgan fingerprint density at radius 2 is 2.33 bits per heavy atom. The van der Waals surface area contributed by atoms with E-state index < -0.39 is 6.10 Å². The van der Waals surface area contributed by atoms with Crippen LogP contribution in [-0.2, 0) is 0 Å². The van der Waals surface area contributed by atoms with E-state index in [0.29, 0.717) is 10.8 Å². The Morgan fingerprint density at radius 1 is 1.56 bits per heavy atom. The highest BCUT2D eigenvalue weighted by Crippen LogP contribution is 2.32. The van der Waals surface area contributed by atoms with Crippen molar-refractivity contribution in [3.05, 3.63) is 29.6 Å². The Labute approximate surface area is 112 Å². The van der Waals surface area contributed by atoms with Gasteiger partial charge < -0.3 is 10.0 Å². The maximum atomic E-state index is 13.8. The van der Waals surface area contributed by atoms with Crippen LogP contribution in [0.15, 0.2) is 18.2 Å². The molecule has 2 rings (SSSR count). The number of anilines is 1. The summed E-state index contributed by atoms with van der Waals surface area (Å²) < 4.78 is 13.8. The van der Waals surface area contributed by atoms with Crippen molar-refractivity contribution in [3.63, 3.8) is 0 Å². The fourth-order valence-electron chi connectivity index (χ4n) is 2.40. The number of hydrogen-bond acceptors (Lipinski definition) is 3. The second-order valence-electron chi connectivity index (χ2n) is 4.70. The highest BCUT2D eigenvalue weighted by Gasteiger charge is 2.23. The SMILES string of the molecule is CCC1CN(c2cccc(F)c2[C@@H](C)O)CCS1. The van der Waals surface area contributed by atoms with Crippen molar-refractivity contribution in [3.8, 4) is 0 Å². The van der Waals surface area contributed by atoms with E-state index in [4.69, 9.17) is 0 Å². The molecule has 0 radical (unpaired) electrons. The zero-order valence-electron chi connectivity index (χ0n) is 10.9. The minimum atomic E-state index is -0.768. The number of halogens is 1. The van der Waals surface area contributed by atoms with Gasteiger partial charge in [-0.1, -0.05) is 13.0 Å². The van der Waals surface area contributed by atoms with Crippen LogP contribution < -0.4 is 4.90 Å². The van der Waals surface area contributed by atoms with E-state index in [1.807, 2.05) is 17.8 Å². The molecule has 1 heterocycles. The molecular weight excluding hydrogens is 249 g/mol. The highest BCUT2D eigenvalue weighted by molar-refractivity contribution is 8.00. The molecule has 1 unspecified atom stereocenters. The fourth-order valence-corrected chi connectivity index (χ4v) is 3.58. The predicted molar refractivity (Wildman–Crippen MR) is 75.8 cm³/mol. The summed E-state index contributed by atoms with van der Waals surface area (Å²) in [5, 5.41) is 10.4. The first-order valence-electron chi connectivity index (χ1n) is 6.46. The maximum Gasteiger partial charge on any atom is 0.131 e. The molecule has 0 spiro atoms. The lowest BCUT2D eigenvalue weighted by Crippen LogP contribution is -2.38. The van der Waals surface area contributed by atoms with E-state index in [9.17, 15) is 9.50 Å². The molecule has 1 aliphatic heterocycles. The first-order chi connectivity index (χ1) is 8.63. The maximum absolute atomic E-state index is 13.8. The fraction of sp³-hybridized carbons (Fsp3) is 0.571. The number of aliphatic hydroxyl groups excluding tert-OH is 1. The Hall–Kier alpha value is -0.740. The molecule has 0 aromatic heterocycles. The Bertz CT molecular complexity index is 411. The number of aliphatic hydroxyl groups is 1. The highest BCUT2D eigenvalue weighted by atomic mass is 32.2. The summed E-state index contributed by atoms with van der Waals surface area (Å²) in [6.45, 7) is 5.66. The minimum absolute atomic E-state index is 0.311. The van der Waals surface area contributed by atoms with Gasteiger partial charge in [-0.25, -0.2) is 4.39 Å². The van der Waals surface area contributed by atoms with Gasteiger partial charge in [0.2, 0.25) is 0 Å². The van der Waals surface area contributed by atoms with Crippen molar-refractivity contribution >= 4 is 17.4 Å². The summed E-state index contributed by atoms with van der Waals surface area (Å²) in [5.41, 5.74) is 1.28. The monoisotopic (exact) mass is 269 g/mol. The Balaban J connectivity index is 2.29. The Kier molecular flexibility index (Phi) is 4.51. The second-order valence-corrected chi connectivity index (χ2v) is 6.10. The number of thioether (sulfide) groups is 1. The molecule has 1 aromatic rings. The number of benzene rings is 1. The van der Waals surface area contributed by atoms with E-state index in [0.717, 1.165) is 31.0 Å². The van der Waals surface area contributed by atoms with Gasteiger partial charge in [-0.2, -0.15) is 11.8 Å². The Morgan fingerprint density at radius 3 is 3.00 bits per heavy atom. The first-order valence-corrected chi connectivity index (χ1v) is 7.51. The summed E-state index contributed by atoms with van der Waals surface area (Å²) >= 11 is 1.98. The van der Waals surface area contributed by atoms with E-state index in [2.05, 4.69) is 11.8 Å². The standard InChI is InChI=1S/C14H20FNOS/c1-3-11-9-16(7-8-18-11)13-6-4-5-12(15)14(13)10(2)17/h4-6,10-11,17H,3,7-9H2,1-2H3/t10-,11?/m1/s1. The summed E-state index contributed by atoms with van der Waals surface area (Å²) in [5.74, 6) is 0.752. The molecule has 1 N–H and O–H groups in total. The topological polar surface area (TPSA) is 23.5 Å². The van der Waals surface area contributed by atoms with Gasteiger partial charge in [-0.05, 0) is 25.5 Å². The van der Waals surface area contributed by atoms with Crippen molar-refractivity contribution in [2.24, 2.45) is 0 Å². The van der Waals surface area contributed by atoms with Crippen LogP contribution in [0.5, 0.6) is 0 Å². The van der Waals surface area contributed by atoms with E-state index in [-0.39, 0.29) is 5.82 Å². The van der Waals surface area contributed by atoms with E-state index >= 15 is 0 Å². The largest absolute Gasteiger partial charge is 0.389 e. The third-order valence-corrected chi connectivity index (χ3v) is 4.75. The normalized spacial score (nSPS) is 22.0. The van der Waals surface area contributed by atoms with Gasteiger partial charge in [0, 0.05) is 35.3 Å². The summed E-state index contributed by atoms with van der Waals surface area (Å²) in [6, 6.07) is 5.05. The lowest BCUT2D eigenvalue weighted by Gasteiger charge is -2.35. The molecule has 18 heavy (non-hydrogen) atoms. The van der Waals surface area contributed by atoms with Crippen molar-refractivity contribution in [1.82, 2.24) is 0 Å². The zero-order valence-corrected chi connectivity index (χ0v) is 11.7. The summed E-state index contributed by atoms with van der Waals surface area (Å²) in [6.07, 6.45) is 0.358. The van der Waals surface area contributed by atoms with Gasteiger partial charge in [-0.15, -0.1) is 0 Å². The molecule has 0 aliphatic carbocycles. The van der Waals surface area contributed by atoms with Crippen LogP contribution in [0.3, 0.4) is 0 Å². The number of hydrogen-bond donors (Lipinski definition) is 1. The number of rotatable bonds is 3. The molecule has 1 aromatic carbocycles. The molecule has 2 atom stereocenters.